The molecule has 1 N–H and O–H groups in total. The highest BCUT2D eigenvalue weighted by Crippen LogP contribution is 2.17. The number of hydrogen-bond acceptors (Lipinski definition) is 5. The molecule has 2 aromatic heterocycles. The zero-order valence-electron chi connectivity index (χ0n) is 11.0. The van der Waals surface area contributed by atoms with E-state index in [1.54, 1.807) is 32.9 Å². The SMILES string of the molecule is CC(C)(C)OC(=O)Nc1ccc(-c2cocn2)nc1. The summed E-state index contributed by atoms with van der Waals surface area (Å²) >= 11 is 0. The first-order valence-corrected chi connectivity index (χ1v) is 5.79. The Morgan fingerprint density at radius 2 is 2.05 bits per heavy atom. The van der Waals surface area contributed by atoms with E-state index >= 15 is 0 Å². The molecule has 0 spiro atoms. The third-order valence-corrected chi connectivity index (χ3v) is 2.10. The number of amides is 1. The minimum absolute atomic E-state index is 0.511. The van der Waals surface area contributed by atoms with Gasteiger partial charge in [-0.15, -0.1) is 0 Å². The first kappa shape index (κ1) is 13.1. The van der Waals surface area contributed by atoms with Gasteiger partial charge < -0.3 is 9.15 Å². The molecule has 2 heterocycles. The minimum atomic E-state index is -0.530. The van der Waals surface area contributed by atoms with E-state index in [9.17, 15) is 4.79 Å². The summed E-state index contributed by atoms with van der Waals surface area (Å²) in [4.78, 5) is 19.7. The Morgan fingerprint density at radius 1 is 1.26 bits per heavy atom. The maximum absolute atomic E-state index is 11.6. The third-order valence-electron chi connectivity index (χ3n) is 2.10. The monoisotopic (exact) mass is 261 g/mol. The molecule has 0 fully saturated rings. The van der Waals surface area contributed by atoms with Crippen LogP contribution < -0.4 is 5.32 Å². The molecule has 2 rings (SSSR count). The number of hydrogen-bond donors (Lipinski definition) is 1. The second kappa shape index (κ2) is 5.09. The lowest BCUT2D eigenvalue weighted by atomic mass is 10.2. The van der Waals surface area contributed by atoms with Gasteiger partial charge in [0, 0.05) is 0 Å². The van der Waals surface area contributed by atoms with Crippen molar-refractivity contribution in [3.63, 3.8) is 0 Å². The molecule has 0 aliphatic carbocycles. The molecule has 0 saturated carbocycles. The van der Waals surface area contributed by atoms with E-state index in [2.05, 4.69) is 15.3 Å². The van der Waals surface area contributed by atoms with Gasteiger partial charge in [-0.05, 0) is 32.9 Å². The van der Waals surface area contributed by atoms with Crippen LogP contribution in [0, 0.1) is 0 Å². The zero-order valence-corrected chi connectivity index (χ0v) is 11.0. The van der Waals surface area contributed by atoms with Crippen LogP contribution in [0.1, 0.15) is 20.8 Å². The van der Waals surface area contributed by atoms with Crippen molar-refractivity contribution in [2.24, 2.45) is 0 Å². The highest BCUT2D eigenvalue weighted by Gasteiger charge is 2.16. The van der Waals surface area contributed by atoms with E-state index in [0.717, 1.165) is 0 Å². The van der Waals surface area contributed by atoms with Crippen LogP contribution in [0.25, 0.3) is 11.4 Å². The van der Waals surface area contributed by atoms with Crippen molar-refractivity contribution < 1.29 is 13.9 Å². The van der Waals surface area contributed by atoms with E-state index < -0.39 is 11.7 Å². The van der Waals surface area contributed by atoms with Gasteiger partial charge in [0.25, 0.3) is 0 Å². The molecule has 0 bridgehead atoms. The summed E-state index contributed by atoms with van der Waals surface area (Å²) < 4.78 is 10.0. The Morgan fingerprint density at radius 3 is 2.58 bits per heavy atom. The molecular weight excluding hydrogens is 246 g/mol. The number of carbonyl (C=O) groups is 1. The molecule has 0 radical (unpaired) electrons. The number of ether oxygens (including phenoxy) is 1. The Kier molecular flexibility index (Phi) is 3.50. The molecule has 0 unspecified atom stereocenters. The van der Waals surface area contributed by atoms with Crippen LogP contribution in [0.2, 0.25) is 0 Å². The molecule has 19 heavy (non-hydrogen) atoms. The predicted octanol–water partition coefficient (Wildman–Crippen LogP) is 3.08. The van der Waals surface area contributed by atoms with E-state index in [4.69, 9.17) is 9.15 Å². The standard InChI is InChI=1S/C13H15N3O3/c1-13(2,3)19-12(17)16-9-4-5-10(14-6-9)11-7-18-8-15-11/h4-8H,1-3H3,(H,16,17). The van der Waals surface area contributed by atoms with E-state index in [0.29, 0.717) is 17.1 Å². The first-order chi connectivity index (χ1) is 8.94. The second-order valence-electron chi connectivity index (χ2n) is 4.93. The average molecular weight is 261 g/mol. The predicted molar refractivity (Wildman–Crippen MR) is 69.6 cm³/mol. The van der Waals surface area contributed by atoms with Crippen LogP contribution in [0.3, 0.4) is 0 Å². The van der Waals surface area contributed by atoms with Gasteiger partial charge in [0.2, 0.25) is 0 Å². The molecule has 6 nitrogen and oxygen atoms in total. The summed E-state index contributed by atoms with van der Waals surface area (Å²) in [6.07, 6.45) is 3.87. The van der Waals surface area contributed by atoms with E-state index in [1.165, 1.54) is 18.9 Å². The van der Waals surface area contributed by atoms with Crippen molar-refractivity contribution in [2.45, 2.75) is 26.4 Å². The number of pyridine rings is 1. The van der Waals surface area contributed by atoms with Crippen molar-refractivity contribution in [1.82, 2.24) is 9.97 Å². The van der Waals surface area contributed by atoms with Gasteiger partial charge in [-0.2, -0.15) is 0 Å². The maximum Gasteiger partial charge on any atom is 0.412 e. The van der Waals surface area contributed by atoms with Gasteiger partial charge in [0.15, 0.2) is 6.39 Å². The number of oxazole rings is 1. The van der Waals surface area contributed by atoms with Crippen molar-refractivity contribution >= 4 is 11.8 Å². The Hall–Kier alpha value is -2.37. The van der Waals surface area contributed by atoms with Crippen LogP contribution in [-0.4, -0.2) is 21.7 Å². The fraction of sp³-hybridized carbons (Fsp3) is 0.308. The molecule has 0 aliphatic rings. The number of carbonyl (C=O) groups excluding carboxylic acids is 1. The van der Waals surface area contributed by atoms with Gasteiger partial charge in [-0.25, -0.2) is 9.78 Å². The van der Waals surface area contributed by atoms with Crippen LogP contribution in [-0.2, 0) is 4.74 Å². The van der Waals surface area contributed by atoms with Crippen molar-refractivity contribution in [3.05, 3.63) is 31.0 Å². The Balaban J connectivity index is 2.01. The lowest BCUT2D eigenvalue weighted by molar-refractivity contribution is 0.0636. The lowest BCUT2D eigenvalue weighted by Crippen LogP contribution is -2.27. The molecular formula is C13H15N3O3. The number of aromatic nitrogens is 2. The second-order valence-corrected chi connectivity index (χ2v) is 4.93. The van der Waals surface area contributed by atoms with E-state index in [1.807, 2.05) is 0 Å². The fourth-order valence-corrected chi connectivity index (χ4v) is 1.38. The van der Waals surface area contributed by atoms with E-state index in [-0.39, 0.29) is 0 Å². The molecule has 6 heteroatoms. The molecule has 0 atom stereocenters. The van der Waals surface area contributed by atoms with Crippen LogP contribution in [0.15, 0.2) is 35.4 Å². The summed E-state index contributed by atoms with van der Waals surface area (Å²) in [5.74, 6) is 0. The number of anilines is 1. The van der Waals surface area contributed by atoms with Crippen molar-refractivity contribution in [3.8, 4) is 11.4 Å². The van der Waals surface area contributed by atoms with Gasteiger partial charge in [-0.3, -0.25) is 10.3 Å². The lowest BCUT2D eigenvalue weighted by Gasteiger charge is -2.19. The van der Waals surface area contributed by atoms with Gasteiger partial charge in [0.05, 0.1) is 17.6 Å². The molecule has 1 amide bonds. The average Bonchev–Trinajstić information content (AvgIpc) is 2.80. The third kappa shape index (κ3) is 3.80. The Bertz CT molecular complexity index is 542. The van der Waals surface area contributed by atoms with Gasteiger partial charge in [-0.1, -0.05) is 0 Å². The maximum atomic E-state index is 11.6. The van der Waals surface area contributed by atoms with Crippen LogP contribution in [0.4, 0.5) is 10.5 Å². The minimum Gasteiger partial charge on any atom is -0.451 e. The quantitative estimate of drug-likeness (QED) is 0.898. The summed E-state index contributed by atoms with van der Waals surface area (Å²) in [5.41, 5.74) is 1.34. The van der Waals surface area contributed by atoms with Crippen molar-refractivity contribution in [2.75, 3.05) is 5.32 Å². The smallest absolute Gasteiger partial charge is 0.412 e. The molecule has 0 aromatic carbocycles. The summed E-state index contributed by atoms with van der Waals surface area (Å²) in [6, 6.07) is 3.46. The molecule has 0 saturated heterocycles. The molecule has 100 valence electrons. The molecule has 0 aliphatic heterocycles. The fourth-order valence-electron chi connectivity index (χ4n) is 1.38. The number of rotatable bonds is 2. The highest BCUT2D eigenvalue weighted by atomic mass is 16.6. The largest absolute Gasteiger partial charge is 0.451 e. The highest BCUT2D eigenvalue weighted by molar-refractivity contribution is 5.84. The van der Waals surface area contributed by atoms with Crippen LogP contribution in [0.5, 0.6) is 0 Å². The Labute approximate surface area is 110 Å². The zero-order chi connectivity index (χ0) is 13.9. The van der Waals surface area contributed by atoms with Gasteiger partial charge in [0.1, 0.15) is 17.6 Å². The van der Waals surface area contributed by atoms with Gasteiger partial charge >= 0.3 is 6.09 Å². The van der Waals surface area contributed by atoms with Crippen molar-refractivity contribution in [1.29, 1.82) is 0 Å². The first-order valence-electron chi connectivity index (χ1n) is 5.79. The molecule has 2 aromatic rings. The summed E-state index contributed by atoms with van der Waals surface area (Å²) in [5, 5.41) is 2.60. The normalized spacial score (nSPS) is 11.1. The van der Waals surface area contributed by atoms with Crippen LogP contribution >= 0.6 is 0 Å². The number of nitrogens with zero attached hydrogens (tertiary/aromatic N) is 2. The topological polar surface area (TPSA) is 77.2 Å². The number of nitrogens with one attached hydrogen (secondary N) is 1. The summed E-state index contributed by atoms with van der Waals surface area (Å²) in [7, 11) is 0. The summed E-state index contributed by atoms with van der Waals surface area (Å²) in [6.45, 7) is 5.41.